The minimum atomic E-state index is -2.45. The van der Waals surface area contributed by atoms with E-state index in [0.717, 1.165) is 0 Å². The molecule has 0 aromatic heterocycles. The molecule has 1 rings (SSSR count). The number of allylic oxidation sites excluding steroid dienone is 3. The first-order chi connectivity index (χ1) is 5.63. The minimum absolute atomic E-state index is 0.106. The number of carboxylic acid groups (broad SMARTS) is 1. The molecule has 0 saturated carbocycles. The summed E-state index contributed by atoms with van der Waals surface area (Å²) in [5, 5.41) is 8.58. The van der Waals surface area contributed by atoms with Gasteiger partial charge in [-0.3, -0.25) is 4.79 Å². The van der Waals surface area contributed by atoms with Gasteiger partial charge in [-0.25, -0.2) is 0 Å². The van der Waals surface area contributed by atoms with E-state index in [1.807, 2.05) is 0 Å². The van der Waals surface area contributed by atoms with Crippen LogP contribution in [0.4, 0.5) is 0 Å². The molecule has 1 aliphatic rings. The van der Waals surface area contributed by atoms with Crippen LogP contribution in [0.1, 0.15) is 0 Å². The van der Waals surface area contributed by atoms with Crippen LogP contribution in [0.5, 0.6) is 0 Å². The van der Waals surface area contributed by atoms with Crippen molar-refractivity contribution >= 4 is 21.1 Å². The Bertz CT molecular complexity index is 378. The van der Waals surface area contributed by atoms with E-state index in [9.17, 15) is 13.2 Å². The Morgan fingerprint density at radius 2 is 2.08 bits per heavy atom. The summed E-state index contributed by atoms with van der Waals surface area (Å²) in [5.41, 5.74) is 0. The molecule has 0 fully saturated rings. The largest absolute Gasteiger partial charge is 0.481 e. The normalized spacial score (nSPS) is 21.0. The first-order valence-electron chi connectivity index (χ1n) is 3.16. The maximum absolute atomic E-state index is 10.5. The Kier molecular flexibility index (Phi) is 2.44. The van der Waals surface area contributed by atoms with E-state index in [-0.39, 0.29) is 4.86 Å². The summed E-state index contributed by atoms with van der Waals surface area (Å²) in [6, 6.07) is 0. The molecule has 0 heterocycles. The molecule has 5 heteroatoms. The van der Waals surface area contributed by atoms with Gasteiger partial charge in [0.2, 0.25) is 10.3 Å². The van der Waals surface area contributed by atoms with Gasteiger partial charge in [-0.15, -0.1) is 0 Å². The summed E-state index contributed by atoms with van der Waals surface area (Å²) in [6.07, 6.45) is 5.61. The highest BCUT2D eigenvalue weighted by molar-refractivity contribution is 7.73. The summed E-state index contributed by atoms with van der Waals surface area (Å²) in [4.78, 5) is 10.4. The highest BCUT2D eigenvalue weighted by Crippen LogP contribution is 2.08. The SMILES string of the molecule is O=C(O)C1C=CC=CC1=S(=O)=O. The fourth-order valence-corrected chi connectivity index (χ4v) is 1.46. The lowest BCUT2D eigenvalue weighted by Gasteiger charge is -2.06. The highest BCUT2D eigenvalue weighted by Gasteiger charge is 2.21. The van der Waals surface area contributed by atoms with Crippen molar-refractivity contribution in [3.05, 3.63) is 24.3 Å². The summed E-state index contributed by atoms with van der Waals surface area (Å²) >= 11 is 0. The number of rotatable bonds is 1. The van der Waals surface area contributed by atoms with Gasteiger partial charge < -0.3 is 5.11 Å². The number of carbonyl (C=O) groups is 1. The Balaban J connectivity index is 3.19. The molecule has 12 heavy (non-hydrogen) atoms. The van der Waals surface area contributed by atoms with Crippen LogP contribution in [0.2, 0.25) is 0 Å². The van der Waals surface area contributed by atoms with Crippen molar-refractivity contribution in [3.8, 4) is 0 Å². The molecule has 1 unspecified atom stereocenters. The van der Waals surface area contributed by atoms with Crippen molar-refractivity contribution in [1.29, 1.82) is 0 Å². The lowest BCUT2D eigenvalue weighted by Crippen LogP contribution is -2.22. The first kappa shape index (κ1) is 8.73. The Morgan fingerprint density at radius 3 is 2.50 bits per heavy atom. The third kappa shape index (κ3) is 1.62. The molecule has 1 aliphatic carbocycles. The van der Waals surface area contributed by atoms with Crippen LogP contribution in [0.3, 0.4) is 0 Å². The zero-order valence-electron chi connectivity index (χ0n) is 5.97. The van der Waals surface area contributed by atoms with E-state index < -0.39 is 22.2 Å². The Labute approximate surface area is 70.4 Å². The summed E-state index contributed by atoms with van der Waals surface area (Å²) < 4.78 is 21.0. The second kappa shape index (κ2) is 3.36. The molecule has 64 valence electrons. The molecule has 4 nitrogen and oxygen atoms in total. The van der Waals surface area contributed by atoms with Crippen LogP contribution >= 0.6 is 0 Å². The maximum Gasteiger partial charge on any atom is 0.315 e. The Morgan fingerprint density at radius 1 is 1.42 bits per heavy atom. The average molecular weight is 186 g/mol. The molecular weight excluding hydrogens is 180 g/mol. The van der Waals surface area contributed by atoms with Crippen LogP contribution in [0, 0.1) is 5.92 Å². The van der Waals surface area contributed by atoms with Crippen molar-refractivity contribution in [2.24, 2.45) is 5.92 Å². The van der Waals surface area contributed by atoms with Gasteiger partial charge in [0.15, 0.2) is 0 Å². The van der Waals surface area contributed by atoms with Gasteiger partial charge >= 0.3 is 5.97 Å². The van der Waals surface area contributed by atoms with Gasteiger partial charge in [-0.2, -0.15) is 8.42 Å². The lowest BCUT2D eigenvalue weighted by molar-refractivity contribution is -0.137. The fourth-order valence-electron chi connectivity index (χ4n) is 0.887. The van der Waals surface area contributed by atoms with Crippen molar-refractivity contribution in [3.63, 3.8) is 0 Å². The quantitative estimate of drug-likeness (QED) is 0.579. The summed E-state index contributed by atoms with van der Waals surface area (Å²) in [6.45, 7) is 0. The summed E-state index contributed by atoms with van der Waals surface area (Å²) in [7, 11) is -2.45. The van der Waals surface area contributed by atoms with Crippen molar-refractivity contribution in [2.75, 3.05) is 0 Å². The van der Waals surface area contributed by atoms with E-state index in [2.05, 4.69) is 0 Å². The van der Waals surface area contributed by atoms with Gasteiger partial charge in [-0.1, -0.05) is 18.2 Å². The third-order valence-electron chi connectivity index (χ3n) is 1.44. The van der Waals surface area contributed by atoms with Gasteiger partial charge in [0.25, 0.3) is 0 Å². The number of carboxylic acids is 1. The zero-order valence-corrected chi connectivity index (χ0v) is 6.78. The van der Waals surface area contributed by atoms with Gasteiger partial charge in [0.05, 0.1) is 4.86 Å². The number of hydrogen-bond donors (Lipinski definition) is 1. The van der Waals surface area contributed by atoms with Gasteiger partial charge in [0.1, 0.15) is 5.92 Å². The van der Waals surface area contributed by atoms with Gasteiger partial charge in [0, 0.05) is 0 Å². The molecule has 0 radical (unpaired) electrons. The smallest absolute Gasteiger partial charge is 0.315 e. The van der Waals surface area contributed by atoms with Crippen molar-refractivity contribution in [2.45, 2.75) is 0 Å². The van der Waals surface area contributed by atoms with Crippen LogP contribution < -0.4 is 0 Å². The van der Waals surface area contributed by atoms with Gasteiger partial charge in [-0.05, 0) is 6.08 Å². The standard InChI is InChI=1S/C7H6O4S/c8-7(9)5-3-1-2-4-6(5)12(10)11/h1-5H,(H,8,9). The molecule has 0 saturated heterocycles. The van der Waals surface area contributed by atoms with E-state index in [4.69, 9.17) is 5.11 Å². The minimum Gasteiger partial charge on any atom is -0.481 e. The fraction of sp³-hybridized carbons (Fsp3) is 0.143. The maximum atomic E-state index is 10.5. The molecular formula is C7H6O4S. The van der Waals surface area contributed by atoms with Crippen LogP contribution in [-0.4, -0.2) is 24.4 Å². The molecule has 1 N–H and O–H groups in total. The Hall–Kier alpha value is -1.36. The topological polar surface area (TPSA) is 71.4 Å². The van der Waals surface area contributed by atoms with Crippen LogP contribution in [0.25, 0.3) is 0 Å². The monoisotopic (exact) mass is 186 g/mol. The van der Waals surface area contributed by atoms with Crippen molar-refractivity contribution < 1.29 is 18.3 Å². The second-order valence-corrected chi connectivity index (χ2v) is 3.14. The molecule has 0 aromatic carbocycles. The number of aliphatic carboxylic acids is 1. The number of hydrogen-bond acceptors (Lipinski definition) is 3. The van der Waals surface area contributed by atoms with Crippen molar-refractivity contribution in [1.82, 2.24) is 0 Å². The predicted molar refractivity (Wildman–Crippen MR) is 43.3 cm³/mol. The average Bonchev–Trinajstić information content (AvgIpc) is 2.04. The lowest BCUT2D eigenvalue weighted by atomic mass is 10.0. The van der Waals surface area contributed by atoms with E-state index in [1.54, 1.807) is 0 Å². The summed E-state index contributed by atoms with van der Waals surface area (Å²) in [5.74, 6) is -2.19. The molecule has 0 aliphatic heterocycles. The molecule has 0 aromatic rings. The second-order valence-electron chi connectivity index (χ2n) is 2.20. The highest BCUT2D eigenvalue weighted by atomic mass is 32.2. The first-order valence-corrected chi connectivity index (χ1v) is 4.24. The van der Waals surface area contributed by atoms with Crippen LogP contribution in [0.15, 0.2) is 24.3 Å². The molecule has 0 amide bonds. The zero-order chi connectivity index (χ0) is 9.14. The molecule has 0 spiro atoms. The van der Waals surface area contributed by atoms with Crippen LogP contribution in [-0.2, 0) is 15.1 Å². The molecule has 1 atom stereocenters. The predicted octanol–water partition coefficient (Wildman–Crippen LogP) is -0.135. The third-order valence-corrected chi connectivity index (χ3v) is 2.22. The van der Waals surface area contributed by atoms with E-state index in [0.29, 0.717) is 0 Å². The molecule has 0 bridgehead atoms. The van der Waals surface area contributed by atoms with E-state index >= 15 is 0 Å². The van der Waals surface area contributed by atoms with E-state index in [1.165, 1.54) is 24.3 Å².